The number of rotatable bonds is 3. The van der Waals surface area contributed by atoms with Crippen molar-refractivity contribution in [3.05, 3.63) is 37.6 Å². The van der Waals surface area contributed by atoms with E-state index in [0.29, 0.717) is 18.2 Å². The van der Waals surface area contributed by atoms with Crippen molar-refractivity contribution in [1.29, 1.82) is 0 Å². The Morgan fingerprint density at radius 1 is 1.26 bits per heavy atom. The molecule has 2 amide bonds. The monoisotopic (exact) mass is 436 g/mol. The van der Waals surface area contributed by atoms with Crippen LogP contribution in [0.4, 0.5) is 35.3 Å². The molecule has 2 fully saturated rings. The molecule has 31 heavy (non-hydrogen) atoms. The van der Waals surface area contributed by atoms with Crippen LogP contribution in [0.5, 0.6) is 0 Å². The first-order valence-corrected chi connectivity index (χ1v) is 9.92. The number of carbonyl (C=O) groups excluding carboxylic acids is 1. The van der Waals surface area contributed by atoms with Gasteiger partial charge >= 0.3 is 12.2 Å². The molecule has 2 atom stereocenters. The van der Waals surface area contributed by atoms with Crippen LogP contribution in [0, 0.1) is 0 Å². The van der Waals surface area contributed by atoms with E-state index in [1.165, 1.54) is 17.2 Å². The van der Waals surface area contributed by atoms with Gasteiger partial charge in [-0.25, -0.2) is 14.8 Å². The van der Waals surface area contributed by atoms with E-state index in [1.54, 1.807) is 11.0 Å². The summed E-state index contributed by atoms with van der Waals surface area (Å²) in [4.78, 5) is 26.9. The molecule has 8 nitrogen and oxygen atoms in total. The fourth-order valence-corrected chi connectivity index (χ4v) is 4.10. The Morgan fingerprint density at radius 2 is 2.06 bits per heavy atom. The summed E-state index contributed by atoms with van der Waals surface area (Å²) in [5, 5.41) is 2.69. The molecule has 1 aromatic rings. The number of anilines is 3. The number of pyridine rings is 1. The maximum absolute atomic E-state index is 13.1. The summed E-state index contributed by atoms with van der Waals surface area (Å²) in [6, 6.07) is 2.98. The number of aromatic nitrogens is 1. The molecule has 3 aliphatic rings. The second kappa shape index (κ2) is 8.22. The number of amidine groups is 1. The minimum absolute atomic E-state index is 0.0530. The number of aliphatic imine (C=N–C) groups is 1. The minimum atomic E-state index is -4.45. The van der Waals surface area contributed by atoms with Gasteiger partial charge in [-0.15, -0.1) is 0 Å². The van der Waals surface area contributed by atoms with E-state index in [4.69, 9.17) is 4.74 Å². The molecule has 2 saturated heterocycles. The van der Waals surface area contributed by atoms with E-state index in [-0.39, 0.29) is 31.6 Å². The van der Waals surface area contributed by atoms with Crippen molar-refractivity contribution in [3.8, 4) is 0 Å². The van der Waals surface area contributed by atoms with E-state index in [0.717, 1.165) is 18.7 Å². The number of urea groups is 1. The normalized spacial score (nSPS) is 23.5. The quantitative estimate of drug-likeness (QED) is 0.583. The molecule has 1 N–H and O–H groups in total. The molecule has 2 bridgehead atoms. The number of hydrogen-bond donors (Lipinski definition) is 1. The average Bonchev–Trinajstić information content (AvgIpc) is 3.17. The summed E-state index contributed by atoms with van der Waals surface area (Å²) in [6.07, 6.45) is -2.86. The van der Waals surface area contributed by atoms with Crippen LogP contribution in [0.3, 0.4) is 0 Å². The number of nitrogens with zero attached hydrogens (tertiary/aromatic N) is 5. The Bertz CT molecular complexity index is 919. The fourth-order valence-electron chi connectivity index (χ4n) is 4.10. The molecule has 0 aliphatic carbocycles. The first-order chi connectivity index (χ1) is 14.8. The molecule has 166 valence electrons. The van der Waals surface area contributed by atoms with Crippen molar-refractivity contribution in [3.63, 3.8) is 0 Å². The third-order valence-corrected chi connectivity index (χ3v) is 5.57. The topological polar surface area (TPSA) is 73.3 Å². The number of ether oxygens (including phenoxy) is 1. The van der Waals surface area contributed by atoms with Crippen molar-refractivity contribution < 1.29 is 22.7 Å². The highest BCUT2D eigenvalue weighted by atomic mass is 19.4. The highest BCUT2D eigenvalue weighted by molar-refractivity contribution is 6.10. The summed E-state index contributed by atoms with van der Waals surface area (Å²) >= 11 is 0. The van der Waals surface area contributed by atoms with Gasteiger partial charge in [-0.2, -0.15) is 13.2 Å². The van der Waals surface area contributed by atoms with Crippen LogP contribution in [0.2, 0.25) is 0 Å². The Labute approximate surface area is 177 Å². The molecule has 0 spiro atoms. The Balaban J connectivity index is 1.64. The Hall–Kier alpha value is -3.08. The first kappa shape index (κ1) is 21.2. The van der Waals surface area contributed by atoms with Gasteiger partial charge in [-0.3, -0.25) is 10.2 Å². The summed E-state index contributed by atoms with van der Waals surface area (Å²) < 4.78 is 44.3. The number of carbonyl (C=O) groups is 1. The summed E-state index contributed by atoms with van der Waals surface area (Å²) in [5.41, 5.74) is 0.772. The summed E-state index contributed by atoms with van der Waals surface area (Å²) in [5.74, 6) is 1.04. The smallest absolute Gasteiger partial charge is 0.366 e. The van der Waals surface area contributed by atoms with E-state index in [2.05, 4.69) is 33.4 Å². The summed E-state index contributed by atoms with van der Waals surface area (Å²) in [7, 11) is 0. The fraction of sp³-hybridized carbons (Fsp3) is 0.450. The zero-order valence-corrected chi connectivity index (χ0v) is 16.8. The maximum atomic E-state index is 13.1. The highest BCUT2D eigenvalue weighted by Crippen LogP contribution is 2.40. The average molecular weight is 436 g/mol. The van der Waals surface area contributed by atoms with Gasteiger partial charge in [0.1, 0.15) is 11.7 Å². The SMILES string of the molecule is C=CN=C(C=C)NC(=O)N1c2nc(N3CCOC(C(F)(F)F)C3)ccc2N2CCC1C2. The minimum Gasteiger partial charge on any atom is -0.366 e. The number of amides is 2. The lowest BCUT2D eigenvalue weighted by atomic mass is 10.2. The maximum Gasteiger partial charge on any atom is 0.416 e. The van der Waals surface area contributed by atoms with Gasteiger partial charge in [0, 0.05) is 25.8 Å². The van der Waals surface area contributed by atoms with Gasteiger partial charge in [0.15, 0.2) is 11.9 Å². The second-order valence-corrected chi connectivity index (χ2v) is 7.45. The third-order valence-electron chi connectivity index (χ3n) is 5.57. The van der Waals surface area contributed by atoms with E-state index < -0.39 is 18.3 Å². The van der Waals surface area contributed by atoms with Crippen LogP contribution in [0.25, 0.3) is 0 Å². The van der Waals surface area contributed by atoms with Crippen molar-refractivity contribution in [1.82, 2.24) is 10.3 Å². The van der Waals surface area contributed by atoms with E-state index >= 15 is 0 Å². The van der Waals surface area contributed by atoms with Crippen LogP contribution in [-0.4, -0.2) is 68.0 Å². The first-order valence-electron chi connectivity index (χ1n) is 9.92. The molecule has 3 aliphatic heterocycles. The van der Waals surface area contributed by atoms with E-state index in [9.17, 15) is 18.0 Å². The largest absolute Gasteiger partial charge is 0.416 e. The molecule has 0 aromatic carbocycles. The van der Waals surface area contributed by atoms with Gasteiger partial charge < -0.3 is 14.5 Å². The van der Waals surface area contributed by atoms with Gasteiger partial charge in [-0.05, 0) is 24.6 Å². The van der Waals surface area contributed by atoms with Crippen LogP contribution in [0.15, 0.2) is 42.6 Å². The van der Waals surface area contributed by atoms with Gasteiger partial charge in [-0.1, -0.05) is 13.2 Å². The van der Waals surface area contributed by atoms with Crippen LogP contribution >= 0.6 is 0 Å². The molecule has 4 rings (SSSR count). The number of nitrogens with one attached hydrogen (secondary N) is 1. The van der Waals surface area contributed by atoms with E-state index in [1.807, 2.05) is 6.07 Å². The molecular weight excluding hydrogens is 413 g/mol. The lowest BCUT2D eigenvalue weighted by molar-refractivity contribution is -0.221. The van der Waals surface area contributed by atoms with Crippen molar-refractivity contribution >= 4 is 29.2 Å². The number of fused-ring (bicyclic) bond motifs is 4. The standard InChI is InChI=1S/C20H23F3N6O2/c1-3-16(24-4-2)25-19(30)29-13-7-8-27(11-13)14-5-6-17(26-18(14)29)28-9-10-31-15(12-28)20(21,22)23/h3-6,13,15H,1-2,7-12H2,(H,24,25,30). The molecule has 11 heteroatoms. The van der Waals surface area contributed by atoms with Crippen molar-refractivity contribution in [2.75, 3.05) is 47.5 Å². The molecule has 1 aromatic heterocycles. The number of halogens is 3. The molecule has 0 radical (unpaired) electrons. The predicted molar refractivity (Wildman–Crippen MR) is 112 cm³/mol. The molecule has 0 saturated carbocycles. The molecule has 4 heterocycles. The lowest BCUT2D eigenvalue weighted by Gasteiger charge is -2.38. The van der Waals surface area contributed by atoms with Crippen molar-refractivity contribution in [2.24, 2.45) is 4.99 Å². The van der Waals surface area contributed by atoms with Gasteiger partial charge in [0.25, 0.3) is 0 Å². The highest BCUT2D eigenvalue weighted by Gasteiger charge is 2.44. The Kier molecular flexibility index (Phi) is 5.61. The lowest BCUT2D eigenvalue weighted by Crippen LogP contribution is -2.52. The van der Waals surface area contributed by atoms with Crippen LogP contribution in [0.1, 0.15) is 6.42 Å². The molecular formula is C20H23F3N6O2. The third kappa shape index (κ3) is 4.09. The predicted octanol–water partition coefficient (Wildman–Crippen LogP) is 2.69. The Morgan fingerprint density at radius 3 is 2.77 bits per heavy atom. The van der Waals surface area contributed by atoms with Gasteiger partial charge in [0.05, 0.1) is 24.9 Å². The van der Waals surface area contributed by atoms with Gasteiger partial charge in [0.2, 0.25) is 0 Å². The van der Waals surface area contributed by atoms with Crippen molar-refractivity contribution in [2.45, 2.75) is 24.7 Å². The summed E-state index contributed by atoms with van der Waals surface area (Å²) in [6.45, 7) is 8.46. The number of morpholine rings is 1. The molecule has 2 unspecified atom stereocenters. The van der Waals surface area contributed by atoms with Crippen LogP contribution < -0.4 is 20.0 Å². The van der Waals surface area contributed by atoms with Crippen LogP contribution in [-0.2, 0) is 4.74 Å². The number of alkyl halides is 3. The number of hydrogen-bond acceptors (Lipinski definition) is 6. The zero-order valence-electron chi connectivity index (χ0n) is 16.8. The zero-order chi connectivity index (χ0) is 22.2. The second-order valence-electron chi connectivity index (χ2n) is 7.45.